The van der Waals surface area contributed by atoms with E-state index in [1.165, 1.54) is 14.0 Å². The third kappa shape index (κ3) is 2.70. The van der Waals surface area contributed by atoms with Gasteiger partial charge in [0, 0.05) is 37.0 Å². The van der Waals surface area contributed by atoms with Gasteiger partial charge in [0.25, 0.3) is 5.56 Å². The van der Waals surface area contributed by atoms with E-state index in [-0.39, 0.29) is 5.56 Å². The van der Waals surface area contributed by atoms with Gasteiger partial charge in [0.15, 0.2) is 11.5 Å². The molecule has 0 aliphatic carbocycles. The quantitative estimate of drug-likeness (QED) is 0.529. The smallest absolute Gasteiger partial charge is 0.308 e. The highest BCUT2D eigenvalue weighted by atomic mass is 16.6. The molecular formula is C21H18N2O4. The normalized spacial score (nSPS) is 12.2. The molecule has 0 spiro atoms. The third-order valence-electron chi connectivity index (χ3n) is 4.81. The van der Waals surface area contributed by atoms with Crippen LogP contribution < -0.4 is 15.0 Å². The molecule has 3 aromatic rings. The summed E-state index contributed by atoms with van der Waals surface area (Å²) in [7, 11) is 1.53. The lowest BCUT2D eigenvalue weighted by Gasteiger charge is -2.24. The molecular weight excluding hydrogens is 344 g/mol. The predicted molar refractivity (Wildman–Crippen MR) is 103 cm³/mol. The molecule has 0 fully saturated rings. The van der Waals surface area contributed by atoms with Crippen molar-refractivity contribution in [1.82, 2.24) is 9.55 Å². The Balaban J connectivity index is 2.03. The molecule has 0 amide bonds. The number of ether oxygens (including phenoxy) is 2. The number of esters is 1. The highest BCUT2D eigenvalue weighted by Gasteiger charge is 2.22. The van der Waals surface area contributed by atoms with Gasteiger partial charge in [0.05, 0.1) is 18.2 Å². The second kappa shape index (κ2) is 6.39. The number of nitrogens with zero attached hydrogens (tertiary/aromatic N) is 2. The molecule has 136 valence electrons. The van der Waals surface area contributed by atoms with Crippen LogP contribution in [0.15, 0.2) is 42.0 Å². The van der Waals surface area contributed by atoms with Crippen LogP contribution in [-0.4, -0.2) is 22.6 Å². The van der Waals surface area contributed by atoms with E-state index in [2.05, 4.69) is 11.6 Å². The molecule has 2 aromatic heterocycles. The van der Waals surface area contributed by atoms with Crippen molar-refractivity contribution < 1.29 is 14.3 Å². The summed E-state index contributed by atoms with van der Waals surface area (Å²) >= 11 is 0. The van der Waals surface area contributed by atoms with Crippen LogP contribution in [0.4, 0.5) is 0 Å². The van der Waals surface area contributed by atoms with E-state index in [4.69, 9.17) is 9.47 Å². The van der Waals surface area contributed by atoms with Crippen molar-refractivity contribution in [2.24, 2.45) is 0 Å². The Morgan fingerprint density at radius 2 is 2.04 bits per heavy atom. The van der Waals surface area contributed by atoms with Crippen LogP contribution in [0.2, 0.25) is 0 Å². The summed E-state index contributed by atoms with van der Waals surface area (Å²) in [5, 5.41) is 1.36. The Hall–Kier alpha value is -3.41. The number of benzene rings is 1. The Kier molecular flexibility index (Phi) is 4.03. The van der Waals surface area contributed by atoms with E-state index in [0.29, 0.717) is 29.9 Å². The lowest BCUT2D eigenvalue weighted by molar-refractivity contribution is -0.132. The third-order valence-corrected chi connectivity index (χ3v) is 4.81. The van der Waals surface area contributed by atoms with Gasteiger partial charge >= 0.3 is 5.97 Å². The number of carbonyl (C=O) groups excluding carboxylic acids is 1. The largest absolute Gasteiger partial charge is 0.493 e. The number of fused-ring (bicyclic) bond motifs is 4. The number of methoxy groups -OCH3 is 1. The summed E-state index contributed by atoms with van der Waals surface area (Å²) in [6.45, 7) is 5.72. The van der Waals surface area contributed by atoms with Crippen molar-refractivity contribution in [2.75, 3.05) is 7.11 Å². The lowest BCUT2D eigenvalue weighted by Crippen LogP contribution is -2.26. The Morgan fingerprint density at radius 1 is 1.22 bits per heavy atom. The zero-order chi connectivity index (χ0) is 19.1. The highest BCUT2D eigenvalue weighted by Crippen LogP contribution is 2.39. The molecule has 3 heterocycles. The van der Waals surface area contributed by atoms with Gasteiger partial charge in [-0.3, -0.25) is 14.6 Å². The fraction of sp³-hybridized carbons (Fsp3) is 0.190. The molecule has 6 heteroatoms. The van der Waals surface area contributed by atoms with Crippen LogP contribution in [0, 0.1) is 0 Å². The van der Waals surface area contributed by atoms with Gasteiger partial charge in [-0.25, -0.2) is 0 Å². The van der Waals surface area contributed by atoms with Gasteiger partial charge in [-0.2, -0.15) is 0 Å². The zero-order valence-corrected chi connectivity index (χ0v) is 15.1. The van der Waals surface area contributed by atoms with Crippen LogP contribution in [0.3, 0.4) is 0 Å². The van der Waals surface area contributed by atoms with Crippen LogP contribution in [0.5, 0.6) is 11.5 Å². The van der Waals surface area contributed by atoms with Gasteiger partial charge in [-0.15, -0.1) is 0 Å². The van der Waals surface area contributed by atoms with Gasteiger partial charge in [-0.05, 0) is 35.6 Å². The maximum atomic E-state index is 13.0. The fourth-order valence-electron chi connectivity index (χ4n) is 3.57. The number of aromatic nitrogens is 2. The number of hydrogen-bond donors (Lipinski definition) is 0. The molecule has 1 aliphatic heterocycles. The molecule has 0 N–H and O–H groups in total. The van der Waals surface area contributed by atoms with Crippen molar-refractivity contribution in [3.05, 3.63) is 58.7 Å². The average molecular weight is 362 g/mol. The SMILES string of the molecule is C=Cc1cncc2c(=O)n3c(cc12)-c1cc(OC(C)=O)c(OC)cc1CC3. The molecule has 0 saturated carbocycles. The van der Waals surface area contributed by atoms with Crippen LogP contribution in [0.1, 0.15) is 18.1 Å². The average Bonchev–Trinajstić information content (AvgIpc) is 2.66. The molecule has 1 aliphatic rings. The first-order valence-corrected chi connectivity index (χ1v) is 8.57. The summed E-state index contributed by atoms with van der Waals surface area (Å²) < 4.78 is 12.4. The molecule has 0 radical (unpaired) electrons. The molecule has 27 heavy (non-hydrogen) atoms. The minimum atomic E-state index is -0.431. The van der Waals surface area contributed by atoms with Gasteiger partial charge in [0.2, 0.25) is 0 Å². The zero-order valence-electron chi connectivity index (χ0n) is 15.1. The van der Waals surface area contributed by atoms with E-state index in [1.54, 1.807) is 29.1 Å². The maximum absolute atomic E-state index is 13.0. The van der Waals surface area contributed by atoms with E-state index in [1.807, 2.05) is 12.1 Å². The van der Waals surface area contributed by atoms with E-state index < -0.39 is 5.97 Å². The van der Waals surface area contributed by atoms with Crippen LogP contribution in [0.25, 0.3) is 28.1 Å². The summed E-state index contributed by atoms with van der Waals surface area (Å²) in [6, 6.07) is 5.60. The van der Waals surface area contributed by atoms with E-state index >= 15 is 0 Å². The van der Waals surface area contributed by atoms with Crippen molar-refractivity contribution in [3.63, 3.8) is 0 Å². The van der Waals surface area contributed by atoms with E-state index in [9.17, 15) is 9.59 Å². The Labute approximate surface area is 155 Å². The topological polar surface area (TPSA) is 70.4 Å². The van der Waals surface area contributed by atoms with Crippen molar-refractivity contribution in [3.8, 4) is 22.8 Å². The second-order valence-corrected chi connectivity index (χ2v) is 6.38. The molecule has 0 unspecified atom stereocenters. The molecule has 0 atom stereocenters. The van der Waals surface area contributed by atoms with Crippen LogP contribution in [-0.2, 0) is 17.8 Å². The first-order chi connectivity index (χ1) is 13.0. The summed E-state index contributed by atoms with van der Waals surface area (Å²) in [4.78, 5) is 28.6. The maximum Gasteiger partial charge on any atom is 0.308 e. The Bertz CT molecular complexity index is 1160. The van der Waals surface area contributed by atoms with Crippen molar-refractivity contribution in [1.29, 1.82) is 0 Å². The first kappa shape index (κ1) is 17.0. The number of rotatable bonds is 3. The second-order valence-electron chi connectivity index (χ2n) is 6.38. The number of pyridine rings is 2. The van der Waals surface area contributed by atoms with E-state index in [0.717, 1.165) is 27.8 Å². The predicted octanol–water partition coefficient (Wildman–Crippen LogP) is 3.20. The van der Waals surface area contributed by atoms with Gasteiger partial charge in [0.1, 0.15) is 0 Å². The molecule has 0 bridgehead atoms. The minimum absolute atomic E-state index is 0.0887. The monoisotopic (exact) mass is 362 g/mol. The minimum Gasteiger partial charge on any atom is -0.493 e. The highest BCUT2D eigenvalue weighted by molar-refractivity contribution is 5.92. The molecule has 0 saturated heterocycles. The molecule has 4 rings (SSSR count). The van der Waals surface area contributed by atoms with Crippen molar-refractivity contribution >= 4 is 22.8 Å². The number of aryl methyl sites for hydroxylation is 1. The summed E-state index contributed by atoms with van der Waals surface area (Å²) in [6.07, 6.45) is 5.65. The molecule has 1 aromatic carbocycles. The molecule has 6 nitrogen and oxygen atoms in total. The lowest BCUT2D eigenvalue weighted by atomic mass is 9.94. The number of hydrogen-bond acceptors (Lipinski definition) is 5. The van der Waals surface area contributed by atoms with Crippen molar-refractivity contribution in [2.45, 2.75) is 19.9 Å². The van der Waals surface area contributed by atoms with Gasteiger partial charge in [-0.1, -0.05) is 12.7 Å². The van der Waals surface area contributed by atoms with Gasteiger partial charge < -0.3 is 14.0 Å². The Morgan fingerprint density at radius 3 is 2.74 bits per heavy atom. The summed E-state index contributed by atoms with van der Waals surface area (Å²) in [5.74, 6) is 0.403. The first-order valence-electron chi connectivity index (χ1n) is 8.57. The van der Waals surface area contributed by atoms with Crippen LogP contribution >= 0.6 is 0 Å². The number of carbonyl (C=O) groups is 1. The fourth-order valence-corrected chi connectivity index (χ4v) is 3.57. The summed E-state index contributed by atoms with van der Waals surface area (Å²) in [5.41, 5.74) is 3.38. The standard InChI is InChI=1S/C21H18N2O4/c1-4-13-10-22-11-17-15(13)8-18-16-9-20(27-12(2)24)19(26-3)7-14(16)5-6-23(18)21(17)25/h4,7-11H,1,5-6H2,2-3H3.